The molecular weight excluding hydrogens is 236 g/mol. The summed E-state index contributed by atoms with van der Waals surface area (Å²) in [5, 5.41) is 0.0800. The van der Waals surface area contributed by atoms with Gasteiger partial charge in [-0.1, -0.05) is 19.1 Å². The highest BCUT2D eigenvalue weighted by atomic mass is 32.2. The second kappa shape index (κ2) is 4.49. The third-order valence-electron chi connectivity index (χ3n) is 2.48. The van der Waals surface area contributed by atoms with E-state index in [0.29, 0.717) is 6.42 Å². The van der Waals surface area contributed by atoms with Crippen LogP contribution in [0.15, 0.2) is 34.4 Å². The van der Waals surface area contributed by atoms with E-state index in [4.69, 9.17) is 0 Å². The quantitative estimate of drug-likeness (QED) is 0.812. The van der Waals surface area contributed by atoms with Crippen molar-refractivity contribution in [1.29, 1.82) is 0 Å². The Hall–Kier alpha value is -1.36. The molecule has 1 aromatic heterocycles. The molecule has 0 amide bonds. The highest BCUT2D eigenvalue weighted by Crippen LogP contribution is 2.22. The van der Waals surface area contributed by atoms with Crippen molar-refractivity contribution in [1.82, 2.24) is 9.55 Å². The molecule has 0 fully saturated rings. The Morgan fingerprint density at radius 2 is 2.18 bits per heavy atom. The van der Waals surface area contributed by atoms with E-state index in [1.807, 2.05) is 6.92 Å². The number of hydrogen-bond acceptors (Lipinski definition) is 3. The molecule has 0 N–H and O–H groups in total. The van der Waals surface area contributed by atoms with Gasteiger partial charge < -0.3 is 4.57 Å². The smallest absolute Gasteiger partial charge is 0.225 e. The van der Waals surface area contributed by atoms with Gasteiger partial charge in [0.2, 0.25) is 9.84 Å². The normalized spacial score (nSPS) is 16.0. The maximum atomic E-state index is 12.2. The van der Waals surface area contributed by atoms with Crippen molar-refractivity contribution in [3.63, 3.8) is 0 Å². The van der Waals surface area contributed by atoms with Crippen LogP contribution in [0.4, 0.5) is 0 Å². The van der Waals surface area contributed by atoms with Crippen LogP contribution in [0.3, 0.4) is 0 Å². The van der Waals surface area contributed by atoms with Crippen LogP contribution < -0.4 is 0 Å². The third-order valence-corrected chi connectivity index (χ3v) is 4.10. The lowest BCUT2D eigenvalue weighted by Crippen LogP contribution is -2.05. The Balaban J connectivity index is 2.44. The molecule has 0 bridgehead atoms. The van der Waals surface area contributed by atoms with Crippen LogP contribution in [-0.2, 0) is 23.3 Å². The van der Waals surface area contributed by atoms with Gasteiger partial charge in [-0.3, -0.25) is 0 Å². The second-order valence-electron chi connectivity index (χ2n) is 3.63. The number of hydrogen-bond donors (Lipinski definition) is 0. The fourth-order valence-electron chi connectivity index (χ4n) is 1.55. The van der Waals surface area contributed by atoms with Gasteiger partial charge in [0.1, 0.15) is 5.82 Å². The summed E-state index contributed by atoms with van der Waals surface area (Å²) < 4.78 is 26.1. The molecule has 4 radical (unpaired) electrons. The molecule has 0 aliphatic heterocycles. The summed E-state index contributed by atoms with van der Waals surface area (Å²) in [6.45, 7) is 1.93. The van der Waals surface area contributed by atoms with Crippen molar-refractivity contribution < 1.29 is 8.42 Å². The molecule has 5 heteroatoms. The number of imidazole rings is 1. The van der Waals surface area contributed by atoms with Crippen molar-refractivity contribution >= 4 is 9.84 Å². The summed E-state index contributed by atoms with van der Waals surface area (Å²) >= 11 is 0. The zero-order valence-corrected chi connectivity index (χ0v) is 10.5. The van der Waals surface area contributed by atoms with Gasteiger partial charge in [0.05, 0.1) is 4.91 Å². The first kappa shape index (κ1) is 12.1. The number of rotatable bonds is 3. The summed E-state index contributed by atoms with van der Waals surface area (Å²) in [5.74, 6) is 0.745. The first-order chi connectivity index (χ1) is 8.05. The minimum Gasteiger partial charge on any atom is -0.337 e. The first-order valence-electron chi connectivity index (χ1n) is 5.21. The summed E-state index contributed by atoms with van der Waals surface area (Å²) in [5.41, 5.74) is 0. The predicted molar refractivity (Wildman–Crippen MR) is 63.5 cm³/mol. The van der Waals surface area contributed by atoms with Gasteiger partial charge in [0, 0.05) is 32.5 Å². The number of allylic oxidation sites excluding steroid dienone is 3. The van der Waals surface area contributed by atoms with Crippen LogP contribution in [0.25, 0.3) is 0 Å². The highest BCUT2D eigenvalue weighted by molar-refractivity contribution is 7.95. The van der Waals surface area contributed by atoms with Crippen LogP contribution in [0.1, 0.15) is 12.7 Å². The van der Waals surface area contributed by atoms with Crippen LogP contribution in [0.5, 0.6) is 0 Å². The molecule has 0 unspecified atom stereocenters. The lowest BCUT2D eigenvalue weighted by molar-refractivity contribution is 0.599. The molecule has 0 spiro atoms. The number of nitrogens with zero attached hydrogens (tertiary/aromatic N) is 2. The van der Waals surface area contributed by atoms with E-state index in [0.717, 1.165) is 5.82 Å². The van der Waals surface area contributed by atoms with Gasteiger partial charge in [0.15, 0.2) is 5.03 Å². The van der Waals surface area contributed by atoms with Crippen LogP contribution in [-0.4, -0.2) is 18.0 Å². The molecular formula is C12H12N2O2S. The number of aryl methyl sites for hydroxylation is 2. The minimum absolute atomic E-state index is 0.0800. The number of aromatic nitrogens is 2. The SMILES string of the molecule is CCc1nc(S(=O)(=O)C2=C[C][C]C=C2)cn1C. The molecule has 1 aliphatic carbocycles. The van der Waals surface area contributed by atoms with E-state index in [-0.39, 0.29) is 9.93 Å². The van der Waals surface area contributed by atoms with E-state index >= 15 is 0 Å². The van der Waals surface area contributed by atoms with E-state index in [2.05, 4.69) is 17.8 Å². The Labute approximate surface area is 102 Å². The van der Waals surface area contributed by atoms with Crippen molar-refractivity contribution in [2.24, 2.45) is 7.05 Å². The van der Waals surface area contributed by atoms with Gasteiger partial charge in [-0.15, -0.1) is 0 Å². The molecule has 17 heavy (non-hydrogen) atoms. The lowest BCUT2D eigenvalue weighted by atomic mass is 10.2. The first-order valence-corrected chi connectivity index (χ1v) is 6.69. The topological polar surface area (TPSA) is 52.0 Å². The van der Waals surface area contributed by atoms with Crippen molar-refractivity contribution in [3.8, 4) is 0 Å². The Bertz CT molecular complexity index is 580. The van der Waals surface area contributed by atoms with Gasteiger partial charge in [-0.05, 0) is 6.08 Å². The van der Waals surface area contributed by atoms with E-state index < -0.39 is 9.84 Å². The van der Waals surface area contributed by atoms with Crippen molar-refractivity contribution in [2.45, 2.75) is 18.4 Å². The predicted octanol–water partition coefficient (Wildman–Crippen LogP) is 1.37. The van der Waals surface area contributed by atoms with Crippen molar-refractivity contribution in [2.75, 3.05) is 0 Å². The average Bonchev–Trinajstić information content (AvgIpc) is 2.72. The largest absolute Gasteiger partial charge is 0.337 e. The van der Waals surface area contributed by atoms with E-state index in [1.165, 1.54) is 24.4 Å². The molecule has 0 saturated carbocycles. The summed E-state index contributed by atoms with van der Waals surface area (Å²) in [6, 6.07) is 0. The molecule has 0 atom stereocenters. The van der Waals surface area contributed by atoms with Crippen LogP contribution in [0.2, 0.25) is 0 Å². The van der Waals surface area contributed by atoms with Crippen LogP contribution in [0, 0.1) is 12.8 Å². The molecule has 1 aliphatic rings. The van der Waals surface area contributed by atoms with Gasteiger partial charge in [0.25, 0.3) is 0 Å². The minimum atomic E-state index is -3.53. The van der Waals surface area contributed by atoms with E-state index in [9.17, 15) is 8.42 Å². The Morgan fingerprint density at radius 3 is 2.71 bits per heavy atom. The second-order valence-corrected chi connectivity index (χ2v) is 5.53. The van der Waals surface area contributed by atoms with Crippen LogP contribution >= 0.6 is 0 Å². The standard InChI is InChI=1S/C12H12N2O2S/c1-3-11-13-12(9-14(11)2)17(15,16)10-7-5-4-6-8-10/h5,7-9H,3H2,1-2H3. The summed E-state index contributed by atoms with van der Waals surface area (Å²) in [4.78, 5) is 4.32. The molecule has 88 valence electrons. The maximum Gasteiger partial charge on any atom is 0.225 e. The van der Waals surface area contributed by atoms with Gasteiger partial charge in [-0.25, -0.2) is 13.4 Å². The Kier molecular flexibility index (Phi) is 3.19. The molecule has 0 saturated heterocycles. The average molecular weight is 248 g/mol. The van der Waals surface area contributed by atoms with Gasteiger partial charge >= 0.3 is 0 Å². The van der Waals surface area contributed by atoms with E-state index in [1.54, 1.807) is 11.6 Å². The maximum absolute atomic E-state index is 12.2. The Morgan fingerprint density at radius 1 is 1.41 bits per heavy atom. The molecule has 1 aromatic rings. The van der Waals surface area contributed by atoms with Gasteiger partial charge in [-0.2, -0.15) is 0 Å². The number of sulfone groups is 1. The zero-order valence-electron chi connectivity index (χ0n) is 9.64. The third kappa shape index (κ3) is 2.20. The zero-order chi connectivity index (χ0) is 12.5. The van der Waals surface area contributed by atoms with Crippen molar-refractivity contribution in [3.05, 3.63) is 48.0 Å². The highest BCUT2D eigenvalue weighted by Gasteiger charge is 2.23. The molecule has 1 heterocycles. The summed E-state index contributed by atoms with van der Waals surface area (Å²) in [7, 11) is -1.75. The fourth-order valence-corrected chi connectivity index (χ4v) is 2.78. The molecule has 0 aromatic carbocycles. The molecule has 4 nitrogen and oxygen atoms in total. The summed E-state index contributed by atoms with van der Waals surface area (Å²) in [6.07, 6.45) is 11.9. The monoisotopic (exact) mass is 248 g/mol. The fraction of sp³-hybridized carbons (Fsp3) is 0.250. The lowest BCUT2D eigenvalue weighted by Gasteiger charge is -2.04. The molecule has 2 rings (SSSR count).